The van der Waals surface area contributed by atoms with Gasteiger partial charge >= 0.3 is 12.1 Å². The van der Waals surface area contributed by atoms with Crippen molar-refractivity contribution >= 4 is 17.5 Å². The zero-order valence-electron chi connectivity index (χ0n) is 27.0. The highest BCUT2D eigenvalue weighted by molar-refractivity contribution is 5.99. The van der Waals surface area contributed by atoms with Crippen molar-refractivity contribution in [3.05, 3.63) is 119 Å². The third-order valence-corrected chi connectivity index (χ3v) is 9.41. The highest BCUT2D eigenvalue weighted by Crippen LogP contribution is 2.47. The van der Waals surface area contributed by atoms with E-state index in [1.807, 2.05) is 12.1 Å². The number of aromatic nitrogens is 4. The molecule has 9 nitrogen and oxygen atoms in total. The fourth-order valence-corrected chi connectivity index (χ4v) is 6.34. The van der Waals surface area contributed by atoms with E-state index >= 15 is 0 Å². The molecule has 2 heterocycles. The molecule has 0 atom stereocenters. The first-order valence-electron chi connectivity index (χ1n) is 16.1. The van der Waals surface area contributed by atoms with E-state index in [0.29, 0.717) is 35.6 Å². The number of halogens is 5. The van der Waals surface area contributed by atoms with Gasteiger partial charge in [-0.2, -0.15) is 13.2 Å². The Balaban J connectivity index is 0.000000200. The molecule has 3 N–H and O–H groups in total. The number of rotatable bonds is 11. The van der Waals surface area contributed by atoms with E-state index in [0.717, 1.165) is 44.1 Å². The second-order valence-corrected chi connectivity index (χ2v) is 12.6. The molecule has 0 radical (unpaired) electrons. The zero-order valence-corrected chi connectivity index (χ0v) is 27.0. The number of Topliss-reactive ketones (excluding diaryl/α,β-unsaturated/α-hetero) is 2. The molecule has 4 aromatic rings. The molecule has 2 aromatic heterocycles. The maximum absolute atomic E-state index is 14.2. The Kier molecular flexibility index (Phi) is 11.1. The predicted molar refractivity (Wildman–Crippen MR) is 172 cm³/mol. The van der Waals surface area contributed by atoms with Gasteiger partial charge in [-0.05, 0) is 48.9 Å². The van der Waals surface area contributed by atoms with Crippen molar-refractivity contribution in [2.75, 3.05) is 13.1 Å². The molecular weight excluding hydrogens is 659 g/mol. The SMILES string of the molecule is NCC(=O)c1cnc(CC2(c3ccccc3F)CCC2)nc1.O=C(CNC(=O)C(F)(F)F)c1cnc(CC2(c3ccccc3F)CCC2)nc1. The molecule has 50 heavy (non-hydrogen) atoms. The van der Waals surface area contributed by atoms with E-state index in [1.54, 1.807) is 24.3 Å². The lowest BCUT2D eigenvalue weighted by molar-refractivity contribution is -0.173. The molecule has 2 fully saturated rings. The highest BCUT2D eigenvalue weighted by Gasteiger charge is 2.42. The molecule has 0 spiro atoms. The highest BCUT2D eigenvalue weighted by atomic mass is 19.4. The minimum absolute atomic E-state index is 0.0141. The number of alkyl halides is 3. The van der Waals surface area contributed by atoms with Crippen LogP contribution in [-0.2, 0) is 28.5 Å². The minimum atomic E-state index is -5.05. The van der Waals surface area contributed by atoms with E-state index in [1.165, 1.54) is 42.2 Å². The molecule has 2 saturated carbocycles. The summed E-state index contributed by atoms with van der Waals surface area (Å²) in [5, 5.41) is 1.51. The smallest absolute Gasteiger partial charge is 0.341 e. The van der Waals surface area contributed by atoms with Crippen LogP contribution < -0.4 is 11.1 Å². The van der Waals surface area contributed by atoms with Gasteiger partial charge in [0.15, 0.2) is 11.6 Å². The van der Waals surface area contributed by atoms with E-state index < -0.39 is 29.8 Å². The number of nitrogens with zero attached hydrogens (tertiary/aromatic N) is 4. The van der Waals surface area contributed by atoms with Gasteiger partial charge in [-0.1, -0.05) is 49.2 Å². The molecule has 0 saturated heterocycles. The van der Waals surface area contributed by atoms with Crippen LogP contribution in [0.15, 0.2) is 73.3 Å². The standard InChI is InChI=1S/C19H17F4N3O2.C17H18FN3O/c20-14-5-2-1-4-13(14)18(6-3-7-18)8-16-24-9-12(10-25-16)15(27)11-26-17(28)19(21,22)23;18-14-5-2-1-4-13(14)17(6-3-7-17)8-16-20-10-12(11-21-16)15(22)9-19/h1-2,4-5,9-10H,3,6-8,11H2,(H,26,28);1-2,4-5,10-11H,3,6-9,19H2. The summed E-state index contributed by atoms with van der Waals surface area (Å²) < 4.78 is 64.8. The predicted octanol–water partition coefficient (Wildman–Crippen LogP) is 5.56. The Morgan fingerprint density at radius 3 is 1.42 bits per heavy atom. The van der Waals surface area contributed by atoms with Crippen LogP contribution in [0.2, 0.25) is 0 Å². The summed E-state index contributed by atoms with van der Waals surface area (Å²) in [6.07, 6.45) is 6.85. The topological polar surface area (TPSA) is 141 Å². The van der Waals surface area contributed by atoms with Gasteiger partial charge < -0.3 is 11.1 Å². The summed E-state index contributed by atoms with van der Waals surface area (Å²) in [6.45, 7) is -0.859. The van der Waals surface area contributed by atoms with E-state index in [4.69, 9.17) is 5.73 Å². The fourth-order valence-electron chi connectivity index (χ4n) is 6.34. The van der Waals surface area contributed by atoms with E-state index in [2.05, 4.69) is 19.9 Å². The second-order valence-electron chi connectivity index (χ2n) is 12.6. The van der Waals surface area contributed by atoms with Crippen LogP contribution in [0, 0.1) is 11.6 Å². The van der Waals surface area contributed by atoms with Crippen molar-refractivity contribution in [1.82, 2.24) is 25.3 Å². The number of ketones is 2. The summed E-state index contributed by atoms with van der Waals surface area (Å²) in [5.74, 6) is -2.51. The molecule has 2 aromatic carbocycles. The average Bonchev–Trinajstić information content (AvgIpc) is 3.07. The third kappa shape index (κ3) is 8.24. The van der Waals surface area contributed by atoms with Crippen LogP contribution in [-0.4, -0.2) is 56.7 Å². The molecule has 0 unspecified atom stereocenters. The lowest BCUT2D eigenvalue weighted by atomic mass is 9.62. The number of amides is 1. The first-order valence-corrected chi connectivity index (χ1v) is 16.1. The van der Waals surface area contributed by atoms with Gasteiger partial charge in [0, 0.05) is 48.5 Å². The Morgan fingerprint density at radius 1 is 0.680 bits per heavy atom. The van der Waals surface area contributed by atoms with Crippen LogP contribution in [0.25, 0.3) is 0 Å². The third-order valence-electron chi connectivity index (χ3n) is 9.41. The van der Waals surface area contributed by atoms with Gasteiger partial charge in [0.25, 0.3) is 0 Å². The molecular formula is C36H35F5N6O3. The largest absolute Gasteiger partial charge is 0.471 e. The Bertz CT molecular complexity index is 1830. The first-order chi connectivity index (χ1) is 23.9. The number of hydrogen-bond acceptors (Lipinski definition) is 8. The average molecular weight is 695 g/mol. The van der Waals surface area contributed by atoms with Crippen molar-refractivity contribution < 1.29 is 36.3 Å². The molecule has 2 aliphatic carbocycles. The molecule has 2 aliphatic rings. The number of carbonyl (C=O) groups excluding carboxylic acids is 3. The summed E-state index contributed by atoms with van der Waals surface area (Å²) in [4.78, 5) is 50.9. The summed E-state index contributed by atoms with van der Waals surface area (Å²) in [5.41, 5.74) is 6.47. The van der Waals surface area contributed by atoms with Crippen molar-refractivity contribution in [3.63, 3.8) is 0 Å². The van der Waals surface area contributed by atoms with Crippen molar-refractivity contribution in [3.8, 4) is 0 Å². The van der Waals surface area contributed by atoms with Crippen LogP contribution in [0.5, 0.6) is 0 Å². The Hall–Kier alpha value is -4.98. The molecule has 14 heteroatoms. The number of carbonyl (C=O) groups is 3. The van der Waals surface area contributed by atoms with Gasteiger partial charge in [0.2, 0.25) is 0 Å². The van der Waals surface area contributed by atoms with E-state index in [-0.39, 0.29) is 34.9 Å². The fraction of sp³-hybridized carbons (Fsp3) is 0.361. The molecule has 0 bridgehead atoms. The maximum Gasteiger partial charge on any atom is 0.471 e. The maximum atomic E-state index is 14.2. The lowest BCUT2D eigenvalue weighted by Gasteiger charge is -2.42. The Morgan fingerprint density at radius 2 is 1.08 bits per heavy atom. The van der Waals surface area contributed by atoms with Gasteiger partial charge in [-0.25, -0.2) is 28.7 Å². The molecule has 6 rings (SSSR count). The van der Waals surface area contributed by atoms with Crippen LogP contribution in [0.4, 0.5) is 22.0 Å². The number of nitrogens with one attached hydrogen (secondary N) is 1. The van der Waals surface area contributed by atoms with Crippen molar-refractivity contribution in [2.45, 2.75) is 68.4 Å². The summed E-state index contributed by atoms with van der Waals surface area (Å²) >= 11 is 0. The van der Waals surface area contributed by atoms with Crippen LogP contribution in [0.3, 0.4) is 0 Å². The van der Waals surface area contributed by atoms with Gasteiger partial charge in [0.1, 0.15) is 23.3 Å². The molecule has 1 amide bonds. The molecule has 0 aliphatic heterocycles. The Labute approximate surface area is 285 Å². The van der Waals surface area contributed by atoms with Crippen molar-refractivity contribution in [1.29, 1.82) is 0 Å². The second kappa shape index (κ2) is 15.3. The quantitative estimate of drug-likeness (QED) is 0.154. The lowest BCUT2D eigenvalue weighted by Crippen LogP contribution is -2.39. The molecule has 262 valence electrons. The van der Waals surface area contributed by atoms with Gasteiger partial charge in [0.05, 0.1) is 24.2 Å². The van der Waals surface area contributed by atoms with Crippen LogP contribution in [0.1, 0.15) is 82.0 Å². The van der Waals surface area contributed by atoms with Crippen molar-refractivity contribution in [2.24, 2.45) is 5.73 Å². The monoisotopic (exact) mass is 694 g/mol. The van der Waals surface area contributed by atoms with Crippen LogP contribution >= 0.6 is 0 Å². The van der Waals surface area contributed by atoms with E-state index in [9.17, 15) is 36.3 Å². The number of benzene rings is 2. The number of hydrogen-bond donors (Lipinski definition) is 2. The summed E-state index contributed by atoms with van der Waals surface area (Å²) in [7, 11) is 0. The normalized spacial score (nSPS) is 15.8. The number of nitrogens with two attached hydrogens (primary N) is 1. The first kappa shape index (κ1) is 36.3. The van der Waals surface area contributed by atoms with Gasteiger partial charge in [-0.3, -0.25) is 14.4 Å². The zero-order chi connectivity index (χ0) is 35.9. The summed E-state index contributed by atoms with van der Waals surface area (Å²) in [6, 6.07) is 13.5. The minimum Gasteiger partial charge on any atom is -0.341 e. The van der Waals surface area contributed by atoms with Gasteiger partial charge in [-0.15, -0.1) is 0 Å².